The fraction of sp³-hybridized carbons (Fsp3) is 0.0588. The highest BCUT2D eigenvalue weighted by atomic mass is 32.2. The summed E-state index contributed by atoms with van der Waals surface area (Å²) >= 11 is 2.92. The second-order valence-corrected chi connectivity index (χ2v) is 6.66. The first-order valence-electron chi connectivity index (χ1n) is 6.65. The molecule has 0 radical (unpaired) electrons. The maximum Gasteiger partial charge on any atom is 0.173 e. The van der Waals surface area contributed by atoms with Gasteiger partial charge in [-0.15, -0.1) is 11.3 Å². The molecular formula is C17H12FNOS2. The molecule has 1 aromatic heterocycles. The summed E-state index contributed by atoms with van der Waals surface area (Å²) in [6.45, 7) is 0. The number of nitrogens with zero attached hydrogens (tertiary/aromatic N) is 1. The summed E-state index contributed by atoms with van der Waals surface area (Å²) in [6.07, 6.45) is 0. The lowest BCUT2D eigenvalue weighted by Gasteiger charge is -1.99. The van der Waals surface area contributed by atoms with Crippen LogP contribution < -0.4 is 0 Å². The van der Waals surface area contributed by atoms with Gasteiger partial charge in [-0.05, 0) is 24.3 Å². The highest BCUT2D eigenvalue weighted by molar-refractivity contribution is 8.01. The first kappa shape index (κ1) is 14.9. The summed E-state index contributed by atoms with van der Waals surface area (Å²) in [4.78, 5) is 16.5. The number of halogens is 1. The van der Waals surface area contributed by atoms with Crippen LogP contribution in [0.15, 0.2) is 64.3 Å². The van der Waals surface area contributed by atoms with Gasteiger partial charge in [0.2, 0.25) is 0 Å². The molecule has 0 atom stereocenters. The Morgan fingerprint density at radius 2 is 1.82 bits per heavy atom. The molecule has 2 nitrogen and oxygen atoms in total. The van der Waals surface area contributed by atoms with E-state index in [2.05, 4.69) is 4.98 Å². The molecule has 0 aliphatic carbocycles. The summed E-state index contributed by atoms with van der Waals surface area (Å²) in [7, 11) is 0. The Kier molecular flexibility index (Phi) is 4.65. The van der Waals surface area contributed by atoms with Crippen LogP contribution in [-0.4, -0.2) is 16.5 Å². The zero-order valence-corrected chi connectivity index (χ0v) is 13.2. The van der Waals surface area contributed by atoms with E-state index in [-0.39, 0.29) is 11.6 Å². The molecule has 1 heterocycles. The molecule has 0 aliphatic rings. The molecule has 0 aliphatic heterocycles. The minimum Gasteiger partial charge on any atom is -0.293 e. The highest BCUT2D eigenvalue weighted by Crippen LogP contribution is 2.28. The third-order valence-corrected chi connectivity index (χ3v) is 5.07. The molecule has 3 rings (SSSR count). The molecule has 0 fully saturated rings. The fourth-order valence-electron chi connectivity index (χ4n) is 1.91. The van der Waals surface area contributed by atoms with Crippen molar-refractivity contribution in [1.29, 1.82) is 0 Å². The predicted molar refractivity (Wildman–Crippen MR) is 89.0 cm³/mol. The molecule has 0 saturated carbocycles. The van der Waals surface area contributed by atoms with Gasteiger partial charge < -0.3 is 0 Å². The van der Waals surface area contributed by atoms with Crippen LogP contribution in [0.4, 0.5) is 4.39 Å². The van der Waals surface area contributed by atoms with Crippen molar-refractivity contribution in [2.24, 2.45) is 0 Å². The van der Waals surface area contributed by atoms with Crippen molar-refractivity contribution < 1.29 is 9.18 Å². The van der Waals surface area contributed by atoms with Gasteiger partial charge in [-0.2, -0.15) is 0 Å². The van der Waals surface area contributed by atoms with E-state index in [4.69, 9.17) is 0 Å². The molecule has 0 spiro atoms. The number of thiazole rings is 1. The van der Waals surface area contributed by atoms with Crippen molar-refractivity contribution in [3.05, 3.63) is 71.4 Å². The average Bonchev–Trinajstić information content (AvgIpc) is 3.03. The molecule has 0 saturated heterocycles. The SMILES string of the molecule is O=C(CSc1nc(-c2ccc(F)cc2)cs1)c1ccccc1. The Morgan fingerprint density at radius 3 is 2.55 bits per heavy atom. The molecule has 110 valence electrons. The summed E-state index contributed by atoms with van der Waals surface area (Å²) in [6, 6.07) is 15.5. The van der Waals surface area contributed by atoms with Gasteiger partial charge in [0.1, 0.15) is 5.82 Å². The van der Waals surface area contributed by atoms with Crippen molar-refractivity contribution in [3.63, 3.8) is 0 Å². The van der Waals surface area contributed by atoms with E-state index in [1.54, 1.807) is 12.1 Å². The molecule has 5 heteroatoms. The van der Waals surface area contributed by atoms with Gasteiger partial charge in [0, 0.05) is 16.5 Å². The third-order valence-electron chi connectivity index (χ3n) is 3.05. The predicted octanol–water partition coefficient (Wildman–Crippen LogP) is 4.92. The van der Waals surface area contributed by atoms with Crippen LogP contribution in [0.5, 0.6) is 0 Å². The Bertz CT molecular complexity index is 769. The first-order valence-corrected chi connectivity index (χ1v) is 8.51. The minimum absolute atomic E-state index is 0.0872. The normalized spacial score (nSPS) is 10.6. The minimum atomic E-state index is -0.262. The molecule has 0 amide bonds. The number of carbonyl (C=O) groups is 1. The standard InChI is InChI=1S/C17H12FNOS2/c18-14-8-6-12(7-9-14)15-10-21-17(19-15)22-11-16(20)13-4-2-1-3-5-13/h1-10H,11H2. The zero-order chi connectivity index (χ0) is 15.4. The van der Waals surface area contributed by atoms with E-state index in [9.17, 15) is 9.18 Å². The Labute approximate surface area is 136 Å². The van der Waals surface area contributed by atoms with Crippen LogP contribution in [0.25, 0.3) is 11.3 Å². The van der Waals surface area contributed by atoms with Crippen LogP contribution in [0.2, 0.25) is 0 Å². The third kappa shape index (κ3) is 3.61. The van der Waals surface area contributed by atoms with Gasteiger partial charge >= 0.3 is 0 Å². The fourth-order valence-corrected chi connectivity index (χ4v) is 3.64. The molecule has 0 unspecified atom stereocenters. The molecule has 0 N–H and O–H groups in total. The number of ketones is 1. The van der Waals surface area contributed by atoms with Crippen LogP contribution in [-0.2, 0) is 0 Å². The number of benzene rings is 2. The van der Waals surface area contributed by atoms with Crippen LogP contribution >= 0.6 is 23.1 Å². The van der Waals surface area contributed by atoms with E-state index in [0.29, 0.717) is 11.3 Å². The quantitative estimate of drug-likeness (QED) is 0.491. The van der Waals surface area contributed by atoms with Crippen molar-refractivity contribution in [2.45, 2.75) is 4.34 Å². The van der Waals surface area contributed by atoms with Gasteiger partial charge in [-0.3, -0.25) is 4.79 Å². The smallest absolute Gasteiger partial charge is 0.173 e. The number of hydrogen-bond acceptors (Lipinski definition) is 4. The topological polar surface area (TPSA) is 30.0 Å². The van der Waals surface area contributed by atoms with Gasteiger partial charge in [0.25, 0.3) is 0 Å². The largest absolute Gasteiger partial charge is 0.293 e. The maximum absolute atomic E-state index is 12.9. The van der Waals surface area contributed by atoms with E-state index < -0.39 is 0 Å². The summed E-state index contributed by atoms with van der Waals surface area (Å²) in [5.74, 6) is 0.187. The van der Waals surface area contributed by atoms with Crippen molar-refractivity contribution in [3.8, 4) is 11.3 Å². The van der Waals surface area contributed by atoms with E-state index in [0.717, 1.165) is 15.6 Å². The number of aromatic nitrogens is 1. The summed E-state index contributed by atoms with van der Waals surface area (Å²) < 4.78 is 13.8. The number of hydrogen-bond donors (Lipinski definition) is 0. The van der Waals surface area contributed by atoms with Crippen molar-refractivity contribution in [2.75, 3.05) is 5.75 Å². The number of thioether (sulfide) groups is 1. The summed E-state index contributed by atoms with van der Waals surface area (Å²) in [5, 5.41) is 1.92. The van der Waals surface area contributed by atoms with Crippen LogP contribution in [0, 0.1) is 5.82 Å². The zero-order valence-electron chi connectivity index (χ0n) is 11.5. The molecule has 0 bridgehead atoms. The van der Waals surface area contributed by atoms with Crippen molar-refractivity contribution >= 4 is 28.9 Å². The molecule has 22 heavy (non-hydrogen) atoms. The Balaban J connectivity index is 1.65. The van der Waals surface area contributed by atoms with E-state index in [1.807, 2.05) is 35.7 Å². The van der Waals surface area contributed by atoms with Gasteiger partial charge in [-0.1, -0.05) is 42.1 Å². The monoisotopic (exact) mass is 329 g/mol. The summed E-state index contributed by atoms with van der Waals surface area (Å²) in [5.41, 5.74) is 2.39. The highest BCUT2D eigenvalue weighted by Gasteiger charge is 2.09. The molecule has 3 aromatic rings. The Morgan fingerprint density at radius 1 is 1.09 bits per heavy atom. The Hall–Kier alpha value is -1.98. The van der Waals surface area contributed by atoms with E-state index >= 15 is 0 Å². The van der Waals surface area contributed by atoms with Gasteiger partial charge in [-0.25, -0.2) is 9.37 Å². The van der Waals surface area contributed by atoms with Crippen molar-refractivity contribution in [1.82, 2.24) is 4.98 Å². The van der Waals surface area contributed by atoms with Gasteiger partial charge in [0.15, 0.2) is 10.1 Å². The lowest BCUT2D eigenvalue weighted by atomic mass is 10.2. The average molecular weight is 329 g/mol. The van der Waals surface area contributed by atoms with Crippen LogP contribution in [0.3, 0.4) is 0 Å². The first-order chi connectivity index (χ1) is 10.7. The lowest BCUT2D eigenvalue weighted by molar-refractivity contribution is 0.102. The van der Waals surface area contributed by atoms with Gasteiger partial charge in [0.05, 0.1) is 11.4 Å². The number of Topliss-reactive ketones (excluding diaryl/α,β-unsaturated/α-hetero) is 1. The maximum atomic E-state index is 12.9. The second-order valence-electron chi connectivity index (χ2n) is 4.58. The lowest BCUT2D eigenvalue weighted by Crippen LogP contribution is -2.01. The molecule has 2 aromatic carbocycles. The van der Waals surface area contributed by atoms with E-state index in [1.165, 1.54) is 35.2 Å². The number of carbonyl (C=O) groups excluding carboxylic acids is 1. The number of rotatable bonds is 5. The van der Waals surface area contributed by atoms with Crippen LogP contribution in [0.1, 0.15) is 10.4 Å². The molecular weight excluding hydrogens is 317 g/mol. The second kappa shape index (κ2) is 6.85.